The van der Waals surface area contributed by atoms with Crippen LogP contribution in [0.25, 0.3) is 0 Å². The Morgan fingerprint density at radius 1 is 1.24 bits per heavy atom. The summed E-state index contributed by atoms with van der Waals surface area (Å²) in [4.78, 5) is 13.3. The van der Waals surface area contributed by atoms with E-state index in [2.05, 4.69) is 5.32 Å². The maximum Gasteiger partial charge on any atom is 0.255 e. The van der Waals surface area contributed by atoms with Gasteiger partial charge < -0.3 is 19.6 Å². The highest BCUT2D eigenvalue weighted by Gasteiger charge is 2.36. The maximum absolute atomic E-state index is 12.6. The second-order valence-electron chi connectivity index (χ2n) is 5.43. The molecule has 0 aliphatic carbocycles. The monoisotopic (exact) mass is 357 g/mol. The van der Waals surface area contributed by atoms with Gasteiger partial charge >= 0.3 is 0 Å². The van der Waals surface area contributed by atoms with Crippen molar-refractivity contribution in [1.29, 1.82) is 0 Å². The standard InChI is InChI=1S/C19H19NO4S/c1-2-23-15-8-4-3-7-14(15)18(21)20-13-19(22,16-9-5-11-24-16)17-10-6-12-25-17/h3-12,22H,2,13H2,1H3,(H,20,21). The number of nitrogens with one attached hydrogen (secondary N) is 1. The first kappa shape index (κ1) is 17.3. The second-order valence-corrected chi connectivity index (χ2v) is 6.37. The molecule has 2 heterocycles. The molecule has 2 N–H and O–H groups in total. The molecular weight excluding hydrogens is 338 g/mol. The minimum atomic E-state index is -1.42. The van der Waals surface area contributed by atoms with Gasteiger partial charge in [-0.1, -0.05) is 18.2 Å². The third-order valence-electron chi connectivity index (χ3n) is 3.79. The Kier molecular flexibility index (Phi) is 5.21. The topological polar surface area (TPSA) is 71.7 Å². The Morgan fingerprint density at radius 2 is 2.08 bits per heavy atom. The molecule has 3 rings (SSSR count). The number of amides is 1. The van der Waals surface area contributed by atoms with Gasteiger partial charge in [0, 0.05) is 4.88 Å². The summed E-state index contributed by atoms with van der Waals surface area (Å²) in [5.41, 5.74) is -0.995. The molecule has 2 aromatic heterocycles. The number of furan rings is 1. The van der Waals surface area contributed by atoms with Crippen LogP contribution in [0.3, 0.4) is 0 Å². The number of carbonyl (C=O) groups excluding carboxylic acids is 1. The zero-order chi connectivity index (χ0) is 17.7. The van der Waals surface area contributed by atoms with Gasteiger partial charge in [0.25, 0.3) is 5.91 Å². The van der Waals surface area contributed by atoms with E-state index >= 15 is 0 Å². The van der Waals surface area contributed by atoms with Gasteiger partial charge in [0.2, 0.25) is 0 Å². The first-order chi connectivity index (χ1) is 12.1. The zero-order valence-corrected chi connectivity index (χ0v) is 14.6. The number of thiophene rings is 1. The van der Waals surface area contributed by atoms with Gasteiger partial charge in [-0.2, -0.15) is 0 Å². The smallest absolute Gasteiger partial charge is 0.255 e. The largest absolute Gasteiger partial charge is 0.493 e. The van der Waals surface area contributed by atoms with Crippen LogP contribution in [-0.4, -0.2) is 24.2 Å². The van der Waals surface area contributed by atoms with Gasteiger partial charge in [-0.25, -0.2) is 0 Å². The first-order valence-electron chi connectivity index (χ1n) is 7.95. The van der Waals surface area contributed by atoms with Crippen molar-refractivity contribution >= 4 is 17.2 Å². The van der Waals surface area contributed by atoms with Crippen LogP contribution in [0.1, 0.15) is 27.9 Å². The summed E-state index contributed by atoms with van der Waals surface area (Å²) >= 11 is 1.40. The lowest BCUT2D eigenvalue weighted by Gasteiger charge is -2.25. The van der Waals surface area contributed by atoms with E-state index in [1.54, 1.807) is 30.3 Å². The van der Waals surface area contributed by atoms with Gasteiger partial charge in [0.1, 0.15) is 11.5 Å². The molecule has 25 heavy (non-hydrogen) atoms. The van der Waals surface area contributed by atoms with Crippen LogP contribution in [0.4, 0.5) is 0 Å². The van der Waals surface area contributed by atoms with E-state index in [-0.39, 0.29) is 12.5 Å². The Hall–Kier alpha value is -2.57. The Balaban J connectivity index is 1.82. The number of hydrogen-bond donors (Lipinski definition) is 2. The van der Waals surface area contributed by atoms with Gasteiger partial charge in [-0.3, -0.25) is 4.79 Å². The third kappa shape index (κ3) is 3.60. The van der Waals surface area contributed by atoms with Crippen LogP contribution in [-0.2, 0) is 5.60 Å². The molecule has 1 atom stereocenters. The number of carbonyl (C=O) groups is 1. The minimum absolute atomic E-state index is 0.0136. The van der Waals surface area contributed by atoms with Crippen molar-refractivity contribution in [2.45, 2.75) is 12.5 Å². The van der Waals surface area contributed by atoms with E-state index in [0.717, 1.165) is 0 Å². The highest BCUT2D eigenvalue weighted by molar-refractivity contribution is 7.10. The molecule has 0 fully saturated rings. The predicted octanol–water partition coefficient (Wildman–Crippen LogP) is 3.41. The fourth-order valence-electron chi connectivity index (χ4n) is 2.56. The average molecular weight is 357 g/mol. The van der Waals surface area contributed by atoms with Crippen molar-refractivity contribution in [3.8, 4) is 5.75 Å². The van der Waals surface area contributed by atoms with Crippen molar-refractivity contribution in [3.63, 3.8) is 0 Å². The maximum atomic E-state index is 12.6. The normalized spacial score (nSPS) is 13.2. The molecule has 1 amide bonds. The number of para-hydroxylation sites is 1. The highest BCUT2D eigenvalue weighted by Crippen LogP contribution is 2.32. The van der Waals surface area contributed by atoms with E-state index in [9.17, 15) is 9.90 Å². The quantitative estimate of drug-likeness (QED) is 0.680. The van der Waals surface area contributed by atoms with Gasteiger partial charge in [0.15, 0.2) is 5.60 Å². The molecule has 0 radical (unpaired) electrons. The van der Waals surface area contributed by atoms with Gasteiger partial charge in [-0.15, -0.1) is 11.3 Å². The van der Waals surface area contributed by atoms with E-state index in [0.29, 0.717) is 28.6 Å². The van der Waals surface area contributed by atoms with E-state index in [1.165, 1.54) is 17.6 Å². The van der Waals surface area contributed by atoms with Crippen molar-refractivity contribution in [3.05, 3.63) is 76.4 Å². The van der Waals surface area contributed by atoms with E-state index < -0.39 is 5.60 Å². The van der Waals surface area contributed by atoms with Gasteiger partial charge in [0.05, 0.1) is 25.0 Å². The SMILES string of the molecule is CCOc1ccccc1C(=O)NCC(O)(c1ccco1)c1cccs1. The van der Waals surface area contributed by atoms with Crippen LogP contribution < -0.4 is 10.1 Å². The van der Waals surface area contributed by atoms with Crippen LogP contribution in [0, 0.1) is 0 Å². The van der Waals surface area contributed by atoms with Crippen LogP contribution in [0.15, 0.2) is 64.6 Å². The molecule has 5 nitrogen and oxygen atoms in total. The summed E-state index contributed by atoms with van der Waals surface area (Å²) in [6, 6.07) is 14.1. The molecule has 6 heteroatoms. The molecule has 130 valence electrons. The Bertz CT molecular complexity index is 778. The molecule has 0 saturated heterocycles. The van der Waals surface area contributed by atoms with Crippen molar-refractivity contribution < 1.29 is 19.1 Å². The van der Waals surface area contributed by atoms with E-state index in [1.807, 2.05) is 30.5 Å². The van der Waals surface area contributed by atoms with Crippen molar-refractivity contribution in [2.24, 2.45) is 0 Å². The second kappa shape index (κ2) is 7.55. The number of aliphatic hydroxyl groups is 1. The lowest BCUT2D eigenvalue weighted by Crippen LogP contribution is -2.41. The molecule has 0 spiro atoms. The highest BCUT2D eigenvalue weighted by atomic mass is 32.1. The number of benzene rings is 1. The average Bonchev–Trinajstić information content (AvgIpc) is 3.34. The molecule has 1 aromatic carbocycles. The summed E-state index contributed by atoms with van der Waals surface area (Å²) in [5.74, 6) is 0.582. The van der Waals surface area contributed by atoms with Gasteiger partial charge in [-0.05, 0) is 42.6 Å². The minimum Gasteiger partial charge on any atom is -0.493 e. The van der Waals surface area contributed by atoms with Crippen molar-refractivity contribution in [2.75, 3.05) is 13.2 Å². The number of rotatable bonds is 7. The molecule has 1 unspecified atom stereocenters. The molecule has 0 bridgehead atoms. The third-order valence-corrected chi connectivity index (χ3v) is 4.81. The fourth-order valence-corrected chi connectivity index (χ4v) is 3.39. The summed E-state index contributed by atoms with van der Waals surface area (Å²) in [6.07, 6.45) is 1.50. The summed E-state index contributed by atoms with van der Waals surface area (Å²) in [5, 5.41) is 15.8. The molecule has 0 saturated carbocycles. The molecule has 0 aliphatic rings. The Labute approximate surface area is 149 Å². The summed E-state index contributed by atoms with van der Waals surface area (Å²) < 4.78 is 10.9. The van der Waals surface area contributed by atoms with Crippen LogP contribution in [0.5, 0.6) is 5.75 Å². The lowest BCUT2D eigenvalue weighted by molar-refractivity contribution is 0.0553. The van der Waals surface area contributed by atoms with Crippen molar-refractivity contribution in [1.82, 2.24) is 5.32 Å². The predicted molar refractivity (Wildman–Crippen MR) is 96.0 cm³/mol. The summed E-state index contributed by atoms with van der Waals surface area (Å²) in [6.45, 7) is 2.32. The lowest BCUT2D eigenvalue weighted by atomic mass is 9.98. The molecule has 0 aliphatic heterocycles. The Morgan fingerprint density at radius 3 is 2.76 bits per heavy atom. The molecular formula is C19H19NO4S. The molecule has 3 aromatic rings. The number of ether oxygens (including phenoxy) is 1. The zero-order valence-electron chi connectivity index (χ0n) is 13.8. The van der Waals surface area contributed by atoms with Crippen LogP contribution in [0.2, 0.25) is 0 Å². The fraction of sp³-hybridized carbons (Fsp3) is 0.211. The van der Waals surface area contributed by atoms with E-state index in [4.69, 9.17) is 9.15 Å². The summed E-state index contributed by atoms with van der Waals surface area (Å²) in [7, 11) is 0. The first-order valence-corrected chi connectivity index (χ1v) is 8.83. The van der Waals surface area contributed by atoms with Crippen LogP contribution >= 0.6 is 11.3 Å². The number of hydrogen-bond acceptors (Lipinski definition) is 5.